The normalized spacial score (nSPS) is 13.3. The van der Waals surface area contributed by atoms with Crippen LogP contribution in [0.5, 0.6) is 0 Å². The van der Waals surface area contributed by atoms with Crippen LogP contribution in [0.15, 0.2) is 41.3 Å². The molecule has 0 fully saturated rings. The minimum Gasteiger partial charge on any atom is -0.324 e. The van der Waals surface area contributed by atoms with Gasteiger partial charge in [0.15, 0.2) is 11.6 Å². The van der Waals surface area contributed by atoms with Crippen molar-refractivity contribution in [2.45, 2.75) is 4.90 Å². The van der Waals surface area contributed by atoms with Gasteiger partial charge in [0.25, 0.3) is 5.91 Å². The molecule has 22 heavy (non-hydrogen) atoms. The Hall–Kier alpha value is -2.41. The van der Waals surface area contributed by atoms with E-state index in [9.17, 15) is 18.4 Å². The number of fused-ring (bicyclic) bond motifs is 1. The lowest BCUT2D eigenvalue weighted by Crippen LogP contribution is -2.20. The summed E-state index contributed by atoms with van der Waals surface area (Å²) in [5.74, 6) is -2.28. The average Bonchev–Trinajstić information content (AvgIpc) is 2.50. The summed E-state index contributed by atoms with van der Waals surface area (Å²) in [5.41, 5.74) is 1.03. The van der Waals surface area contributed by atoms with Gasteiger partial charge in [-0.1, -0.05) is 0 Å². The van der Waals surface area contributed by atoms with Gasteiger partial charge in [0, 0.05) is 22.2 Å². The summed E-state index contributed by atoms with van der Waals surface area (Å²) in [6, 6.07) is 8.01. The second kappa shape index (κ2) is 5.76. The number of thioether (sulfide) groups is 1. The van der Waals surface area contributed by atoms with E-state index in [0.717, 1.165) is 17.0 Å². The van der Waals surface area contributed by atoms with Gasteiger partial charge in [-0.05, 0) is 30.3 Å². The van der Waals surface area contributed by atoms with Crippen LogP contribution >= 0.6 is 11.8 Å². The van der Waals surface area contributed by atoms with Crippen molar-refractivity contribution in [3.05, 3.63) is 53.6 Å². The van der Waals surface area contributed by atoms with E-state index < -0.39 is 17.5 Å². The Labute approximate surface area is 128 Å². The lowest BCUT2D eigenvalue weighted by atomic mass is 10.1. The fraction of sp³-hybridized carbons (Fsp3) is 0.0667. The molecule has 0 bridgehead atoms. The van der Waals surface area contributed by atoms with Crippen molar-refractivity contribution in [2.75, 3.05) is 16.4 Å². The molecular weight excluding hydrogens is 310 g/mol. The molecular formula is C15H10F2N2O2S. The van der Waals surface area contributed by atoms with Crippen molar-refractivity contribution >= 4 is 35.0 Å². The molecule has 2 amide bonds. The first-order chi connectivity index (χ1) is 10.5. The van der Waals surface area contributed by atoms with Crippen molar-refractivity contribution in [3.8, 4) is 0 Å². The Morgan fingerprint density at radius 1 is 1.14 bits per heavy atom. The first-order valence-electron chi connectivity index (χ1n) is 6.36. The topological polar surface area (TPSA) is 58.2 Å². The van der Waals surface area contributed by atoms with E-state index in [1.165, 1.54) is 17.8 Å². The molecule has 2 aromatic carbocycles. The van der Waals surface area contributed by atoms with Crippen LogP contribution in [0.2, 0.25) is 0 Å². The molecule has 1 heterocycles. The van der Waals surface area contributed by atoms with Crippen molar-refractivity contribution in [1.82, 2.24) is 0 Å². The predicted molar refractivity (Wildman–Crippen MR) is 80.1 cm³/mol. The first-order valence-corrected chi connectivity index (χ1v) is 7.34. The number of anilines is 2. The van der Waals surface area contributed by atoms with E-state index in [4.69, 9.17) is 0 Å². The lowest BCUT2D eigenvalue weighted by Gasteiger charge is -2.17. The third kappa shape index (κ3) is 2.94. The minimum atomic E-state index is -1.04. The number of benzene rings is 2. The number of carbonyl (C=O) groups is 2. The minimum absolute atomic E-state index is 0.129. The molecule has 112 valence electrons. The molecule has 0 saturated heterocycles. The molecule has 0 aromatic heterocycles. The Balaban J connectivity index is 1.81. The van der Waals surface area contributed by atoms with Crippen LogP contribution in [0, 0.1) is 11.6 Å². The van der Waals surface area contributed by atoms with E-state index in [0.29, 0.717) is 17.0 Å². The molecule has 1 aliphatic rings. The highest BCUT2D eigenvalue weighted by molar-refractivity contribution is 8.00. The zero-order valence-electron chi connectivity index (χ0n) is 11.2. The van der Waals surface area contributed by atoms with E-state index >= 15 is 0 Å². The zero-order valence-corrected chi connectivity index (χ0v) is 12.0. The highest BCUT2D eigenvalue weighted by Crippen LogP contribution is 2.32. The van der Waals surface area contributed by atoms with E-state index in [-0.39, 0.29) is 11.6 Å². The van der Waals surface area contributed by atoms with Gasteiger partial charge in [0.2, 0.25) is 5.91 Å². The maximum atomic E-state index is 13.1. The monoisotopic (exact) mass is 320 g/mol. The van der Waals surface area contributed by atoms with Gasteiger partial charge in [-0.2, -0.15) is 0 Å². The third-order valence-electron chi connectivity index (χ3n) is 3.05. The van der Waals surface area contributed by atoms with E-state index in [1.54, 1.807) is 18.2 Å². The molecule has 1 aliphatic heterocycles. The highest BCUT2D eigenvalue weighted by atomic mass is 32.2. The predicted octanol–water partition coefficient (Wildman–Crippen LogP) is 3.26. The Kier molecular flexibility index (Phi) is 3.81. The molecule has 0 radical (unpaired) electrons. The van der Waals surface area contributed by atoms with Crippen LogP contribution in [0.25, 0.3) is 0 Å². The number of carbonyl (C=O) groups excluding carboxylic acids is 2. The molecule has 0 aliphatic carbocycles. The van der Waals surface area contributed by atoms with Gasteiger partial charge in [0.05, 0.1) is 11.4 Å². The largest absolute Gasteiger partial charge is 0.324 e. The Bertz CT molecular complexity index is 780. The third-order valence-corrected chi connectivity index (χ3v) is 4.13. The van der Waals surface area contributed by atoms with Gasteiger partial charge in [0.1, 0.15) is 0 Å². The summed E-state index contributed by atoms with van der Waals surface area (Å²) in [5, 5.41) is 5.17. The SMILES string of the molecule is O=C1CSc2ccc(C(=O)Nc3ccc(F)c(F)c3)cc2N1. The summed E-state index contributed by atoms with van der Waals surface area (Å²) < 4.78 is 26.0. The number of hydrogen-bond acceptors (Lipinski definition) is 3. The van der Waals surface area contributed by atoms with Crippen LogP contribution in [-0.2, 0) is 4.79 Å². The molecule has 4 nitrogen and oxygen atoms in total. The highest BCUT2D eigenvalue weighted by Gasteiger charge is 2.17. The van der Waals surface area contributed by atoms with Gasteiger partial charge >= 0.3 is 0 Å². The molecule has 0 atom stereocenters. The standard InChI is InChI=1S/C15H10F2N2O2S/c16-10-3-2-9(6-11(10)17)18-15(21)8-1-4-13-12(5-8)19-14(20)7-22-13/h1-6H,7H2,(H,18,21)(H,19,20). The maximum Gasteiger partial charge on any atom is 0.255 e. The quantitative estimate of drug-likeness (QED) is 0.893. The van der Waals surface area contributed by atoms with Gasteiger partial charge < -0.3 is 10.6 Å². The number of halogens is 2. The van der Waals surface area contributed by atoms with Crippen molar-refractivity contribution < 1.29 is 18.4 Å². The number of rotatable bonds is 2. The van der Waals surface area contributed by atoms with Gasteiger partial charge in [-0.25, -0.2) is 8.78 Å². The van der Waals surface area contributed by atoms with Crippen molar-refractivity contribution in [3.63, 3.8) is 0 Å². The van der Waals surface area contributed by atoms with E-state index in [1.807, 2.05) is 0 Å². The number of amides is 2. The molecule has 2 aromatic rings. The second-order valence-corrected chi connectivity index (χ2v) is 5.65. The van der Waals surface area contributed by atoms with Crippen LogP contribution in [-0.4, -0.2) is 17.6 Å². The van der Waals surface area contributed by atoms with Crippen LogP contribution in [0.1, 0.15) is 10.4 Å². The number of nitrogens with one attached hydrogen (secondary N) is 2. The molecule has 7 heteroatoms. The summed E-state index contributed by atoms with van der Waals surface area (Å²) in [6.07, 6.45) is 0. The number of hydrogen-bond donors (Lipinski definition) is 2. The first kappa shape index (κ1) is 14.5. The second-order valence-electron chi connectivity index (χ2n) is 4.63. The maximum absolute atomic E-state index is 13.1. The fourth-order valence-electron chi connectivity index (χ4n) is 2.00. The average molecular weight is 320 g/mol. The molecule has 0 saturated carbocycles. The zero-order chi connectivity index (χ0) is 15.7. The summed E-state index contributed by atoms with van der Waals surface area (Å²) in [6.45, 7) is 0. The van der Waals surface area contributed by atoms with Crippen LogP contribution < -0.4 is 10.6 Å². The summed E-state index contributed by atoms with van der Waals surface area (Å²) in [4.78, 5) is 24.4. The van der Waals surface area contributed by atoms with Gasteiger partial charge in [-0.15, -0.1) is 11.8 Å². The van der Waals surface area contributed by atoms with Crippen LogP contribution in [0.4, 0.5) is 20.2 Å². The Morgan fingerprint density at radius 3 is 2.73 bits per heavy atom. The molecule has 3 rings (SSSR count). The van der Waals surface area contributed by atoms with Crippen LogP contribution in [0.3, 0.4) is 0 Å². The van der Waals surface area contributed by atoms with Crippen molar-refractivity contribution in [1.29, 1.82) is 0 Å². The Morgan fingerprint density at radius 2 is 1.95 bits per heavy atom. The summed E-state index contributed by atoms with van der Waals surface area (Å²) in [7, 11) is 0. The smallest absolute Gasteiger partial charge is 0.255 e. The van der Waals surface area contributed by atoms with Crippen molar-refractivity contribution in [2.24, 2.45) is 0 Å². The molecule has 2 N–H and O–H groups in total. The molecule has 0 spiro atoms. The summed E-state index contributed by atoms with van der Waals surface area (Å²) >= 11 is 1.39. The van der Waals surface area contributed by atoms with E-state index in [2.05, 4.69) is 10.6 Å². The lowest BCUT2D eigenvalue weighted by molar-refractivity contribution is -0.113. The molecule has 0 unspecified atom stereocenters. The van der Waals surface area contributed by atoms with Gasteiger partial charge in [-0.3, -0.25) is 9.59 Å². The fourth-order valence-corrected chi connectivity index (χ4v) is 2.79.